The first-order valence-electron chi connectivity index (χ1n) is 19.9. The summed E-state index contributed by atoms with van der Waals surface area (Å²) in [5.41, 5.74) is 2.35. The van der Waals surface area contributed by atoms with Crippen LogP contribution in [0.2, 0.25) is 0 Å². The maximum atomic E-state index is 15.8. The summed E-state index contributed by atoms with van der Waals surface area (Å²) in [6, 6.07) is 9.77. The molecule has 1 unspecified atom stereocenters. The Morgan fingerprint density at radius 2 is 1.68 bits per heavy atom. The average molecular weight is 871 g/mol. The number of benzene rings is 2. The molecule has 0 radical (unpaired) electrons. The smallest absolute Gasteiger partial charge is 0.264 e. The Morgan fingerprint density at radius 3 is 2.34 bits per heavy atom. The fourth-order valence-corrected chi connectivity index (χ4v) is 9.06. The van der Waals surface area contributed by atoms with Crippen molar-refractivity contribution in [2.45, 2.75) is 58.0 Å². The molecule has 3 aliphatic heterocycles. The van der Waals surface area contributed by atoms with Crippen LogP contribution in [0.15, 0.2) is 67.4 Å². The Hall–Kier alpha value is -6.83. The number of halogens is 2. The molecule has 0 saturated carbocycles. The molecule has 2 aromatic carbocycles. The number of pyridine rings is 1. The first-order valence-corrected chi connectivity index (χ1v) is 21.6. The number of rotatable bonds is 10. The summed E-state index contributed by atoms with van der Waals surface area (Å²) in [5, 5.41) is 5.03. The zero-order valence-corrected chi connectivity index (χ0v) is 35.1. The highest BCUT2D eigenvalue weighted by Crippen LogP contribution is 2.36. The van der Waals surface area contributed by atoms with Gasteiger partial charge in [0, 0.05) is 82.0 Å². The number of amides is 5. The Morgan fingerprint density at radius 1 is 0.952 bits per heavy atom. The van der Waals surface area contributed by atoms with Gasteiger partial charge >= 0.3 is 0 Å². The molecule has 5 amide bonds. The molecule has 17 nitrogen and oxygen atoms in total. The Bertz CT molecular complexity index is 2710. The van der Waals surface area contributed by atoms with E-state index in [4.69, 9.17) is 4.98 Å². The van der Waals surface area contributed by atoms with E-state index in [0.29, 0.717) is 53.2 Å². The number of aromatic nitrogens is 4. The second kappa shape index (κ2) is 17.6. The quantitative estimate of drug-likeness (QED) is 0.166. The number of imide groups is 2. The van der Waals surface area contributed by atoms with Crippen LogP contribution in [0.5, 0.6) is 0 Å². The number of likely N-dealkylation sites (tertiary alicyclic amines) is 1. The van der Waals surface area contributed by atoms with Crippen molar-refractivity contribution in [1.82, 2.24) is 34.6 Å². The molecule has 3 aliphatic rings. The summed E-state index contributed by atoms with van der Waals surface area (Å²) in [6.45, 7) is 4.58. The maximum absolute atomic E-state index is 15.8. The summed E-state index contributed by atoms with van der Waals surface area (Å²) < 4.78 is 59.3. The number of fused-ring (bicyclic) bond motifs is 2. The molecular formula is C42H44F2N10O7S. The van der Waals surface area contributed by atoms with Crippen LogP contribution in [0.4, 0.5) is 26.0 Å². The van der Waals surface area contributed by atoms with Gasteiger partial charge in [0.25, 0.3) is 11.8 Å². The minimum atomic E-state index is -3.81. The van der Waals surface area contributed by atoms with Gasteiger partial charge in [-0.3, -0.25) is 38.9 Å². The lowest BCUT2D eigenvalue weighted by Gasteiger charge is -2.37. The predicted molar refractivity (Wildman–Crippen MR) is 226 cm³/mol. The van der Waals surface area contributed by atoms with Crippen molar-refractivity contribution in [3.05, 3.63) is 90.1 Å². The normalized spacial score (nSPS) is 16.8. The molecule has 1 atom stereocenters. The van der Waals surface area contributed by atoms with E-state index in [1.54, 1.807) is 69.8 Å². The minimum absolute atomic E-state index is 0.0587. The summed E-state index contributed by atoms with van der Waals surface area (Å²) in [7, 11) is -0.216. The van der Waals surface area contributed by atoms with E-state index in [2.05, 4.69) is 30.2 Å². The van der Waals surface area contributed by atoms with Crippen molar-refractivity contribution in [3.8, 4) is 16.8 Å². The monoisotopic (exact) mass is 870 g/mol. The third kappa shape index (κ3) is 8.41. The first kappa shape index (κ1) is 43.3. The molecule has 3 N–H and O–H groups in total. The van der Waals surface area contributed by atoms with Crippen LogP contribution in [-0.4, -0.2) is 112 Å². The van der Waals surface area contributed by atoms with Gasteiger partial charge in [-0.05, 0) is 62.1 Å². The number of nitrogens with one attached hydrogen (secondary N) is 3. The number of carbonyl (C=O) groups excluding carboxylic acids is 5. The molecule has 6 heterocycles. The molecule has 3 aromatic heterocycles. The molecule has 20 heteroatoms. The highest BCUT2D eigenvalue weighted by Gasteiger charge is 2.45. The molecule has 0 bridgehead atoms. The van der Waals surface area contributed by atoms with Gasteiger partial charge < -0.3 is 19.7 Å². The minimum Gasteiger partial charge on any atom is -0.387 e. The lowest BCUT2D eigenvalue weighted by molar-refractivity contribution is -0.136. The summed E-state index contributed by atoms with van der Waals surface area (Å²) in [5.74, 6) is -3.38. The largest absolute Gasteiger partial charge is 0.387 e. The molecule has 8 rings (SSSR count). The van der Waals surface area contributed by atoms with Crippen molar-refractivity contribution in [3.63, 3.8) is 0 Å². The number of hydrogen-bond donors (Lipinski definition) is 3. The molecular weight excluding hydrogens is 827 g/mol. The zero-order valence-electron chi connectivity index (χ0n) is 34.3. The first-order chi connectivity index (χ1) is 29.6. The van der Waals surface area contributed by atoms with Gasteiger partial charge in [0.2, 0.25) is 27.7 Å². The molecule has 324 valence electrons. The van der Waals surface area contributed by atoms with Crippen molar-refractivity contribution in [1.29, 1.82) is 0 Å². The van der Waals surface area contributed by atoms with Gasteiger partial charge in [-0.2, -0.15) is 0 Å². The van der Waals surface area contributed by atoms with Crippen molar-refractivity contribution < 1.29 is 41.2 Å². The fourth-order valence-electron chi connectivity index (χ4n) is 7.93. The number of hydrogen-bond acceptors (Lipinski definition) is 12. The Kier molecular flexibility index (Phi) is 12.3. The van der Waals surface area contributed by atoms with Gasteiger partial charge in [0.1, 0.15) is 29.7 Å². The van der Waals surface area contributed by atoms with E-state index < -0.39 is 51.1 Å². The lowest BCUT2D eigenvalue weighted by atomic mass is 10.0. The third-order valence-electron chi connectivity index (χ3n) is 11.1. The van der Waals surface area contributed by atoms with Crippen LogP contribution in [0.25, 0.3) is 27.8 Å². The molecule has 0 spiro atoms. The van der Waals surface area contributed by atoms with Crippen LogP contribution < -0.4 is 20.3 Å². The third-order valence-corrected chi connectivity index (χ3v) is 12.6. The van der Waals surface area contributed by atoms with Crippen LogP contribution in [-0.2, 0) is 24.4 Å². The number of sulfonamides is 1. The second-order valence-corrected chi connectivity index (χ2v) is 16.9. The highest BCUT2D eigenvalue weighted by molar-refractivity contribution is 7.92. The van der Waals surface area contributed by atoms with Crippen molar-refractivity contribution >= 4 is 67.8 Å². The number of carbonyl (C=O) groups is 5. The van der Waals surface area contributed by atoms with E-state index >= 15 is 8.78 Å². The standard InChI is InChI=1S/C28H31F2N7O3S.C14H13N3O4/c1-4-13-41(39,40)34-23-6-5-22(29)28(26(23)30)37-16-21(19-14-31-17-32-15-19)27-24(37)7-8-25(33-27)35(3)20-9-11-36(12-10-20)18(2)38;1-15-8-4-2-3-7-11(8)14(21)17(13(7)20)9-5-6-10(18)16-12(9)19/h5-8,14-17,20,34H,4,9-13H2,1-3H3;2-4,9,15H,5-6H2,1H3,(H,16,18,19). The van der Waals surface area contributed by atoms with Crippen LogP contribution in [0.1, 0.15) is 66.7 Å². The highest BCUT2D eigenvalue weighted by atomic mass is 32.2. The topological polar surface area (TPSA) is 209 Å². The predicted octanol–water partition coefficient (Wildman–Crippen LogP) is 4.49. The van der Waals surface area contributed by atoms with Crippen LogP contribution >= 0.6 is 0 Å². The van der Waals surface area contributed by atoms with E-state index in [9.17, 15) is 32.4 Å². The maximum Gasteiger partial charge on any atom is 0.264 e. The van der Waals surface area contributed by atoms with Gasteiger partial charge in [-0.25, -0.2) is 32.2 Å². The molecule has 2 fully saturated rings. The van der Waals surface area contributed by atoms with E-state index in [0.717, 1.165) is 29.9 Å². The molecule has 62 heavy (non-hydrogen) atoms. The molecule has 2 saturated heterocycles. The van der Waals surface area contributed by atoms with Gasteiger partial charge in [-0.15, -0.1) is 0 Å². The van der Waals surface area contributed by atoms with E-state index in [1.807, 2.05) is 11.9 Å². The SMILES string of the molecule is CCCS(=O)(=O)Nc1ccc(F)c(-n2cc(-c3cncnc3)c3nc(N(C)C4CCN(C(C)=O)CC4)ccc32)c1F.CNc1cccc2c1C(=O)N(C1CCC(=O)NC1=O)C2=O. The van der Waals surface area contributed by atoms with Crippen molar-refractivity contribution in [2.24, 2.45) is 0 Å². The van der Waals surface area contributed by atoms with Gasteiger partial charge in [0.15, 0.2) is 5.82 Å². The van der Waals surface area contributed by atoms with Gasteiger partial charge in [-0.1, -0.05) is 13.0 Å². The zero-order chi connectivity index (χ0) is 44.5. The number of anilines is 3. The Labute approximate surface area is 355 Å². The van der Waals surface area contributed by atoms with Crippen LogP contribution in [0.3, 0.4) is 0 Å². The Balaban J connectivity index is 0.000000230. The second-order valence-electron chi connectivity index (χ2n) is 15.0. The molecule has 0 aliphatic carbocycles. The summed E-state index contributed by atoms with van der Waals surface area (Å²) >= 11 is 0. The average Bonchev–Trinajstić information content (AvgIpc) is 3.75. The fraction of sp³-hybridized carbons (Fsp3) is 0.333. The van der Waals surface area contributed by atoms with E-state index in [-0.39, 0.29) is 53.3 Å². The van der Waals surface area contributed by atoms with Crippen LogP contribution in [0, 0.1) is 11.6 Å². The van der Waals surface area contributed by atoms with Crippen molar-refractivity contribution in [2.75, 3.05) is 47.9 Å². The summed E-state index contributed by atoms with van der Waals surface area (Å²) in [6.07, 6.45) is 8.29. The number of nitrogens with zero attached hydrogens (tertiary/aromatic N) is 7. The molecule has 5 aromatic rings. The van der Waals surface area contributed by atoms with E-state index in [1.165, 1.54) is 10.9 Å². The number of piperidine rings is 2. The van der Waals surface area contributed by atoms with Gasteiger partial charge in [0.05, 0.1) is 33.6 Å². The summed E-state index contributed by atoms with van der Waals surface area (Å²) in [4.78, 5) is 77.7. The lowest BCUT2D eigenvalue weighted by Crippen LogP contribution is -2.54.